The summed E-state index contributed by atoms with van der Waals surface area (Å²) in [6, 6.07) is 1.81. The first-order valence-electron chi connectivity index (χ1n) is 6.49. The molecule has 1 aliphatic rings. The highest BCUT2D eigenvalue weighted by molar-refractivity contribution is 5.85. The van der Waals surface area contributed by atoms with Crippen LogP contribution in [0, 0.1) is 0 Å². The summed E-state index contributed by atoms with van der Waals surface area (Å²) in [4.78, 5) is 12.9. The molecule has 7 heteroatoms. The molecule has 1 atom stereocenters. The van der Waals surface area contributed by atoms with Crippen LogP contribution in [0.3, 0.4) is 0 Å². The van der Waals surface area contributed by atoms with Crippen molar-refractivity contribution < 1.29 is 5.21 Å². The third-order valence-corrected chi connectivity index (χ3v) is 3.43. The fourth-order valence-corrected chi connectivity index (χ4v) is 2.41. The molecule has 0 saturated carbocycles. The van der Waals surface area contributed by atoms with Crippen LogP contribution in [0.2, 0.25) is 0 Å². The number of nitrogens with zero attached hydrogens (tertiary/aromatic N) is 5. The predicted molar refractivity (Wildman–Crippen MR) is 73.3 cm³/mol. The molecule has 7 nitrogen and oxygen atoms in total. The van der Waals surface area contributed by atoms with Crippen molar-refractivity contribution in [3.8, 4) is 0 Å². The van der Waals surface area contributed by atoms with Crippen molar-refractivity contribution in [2.75, 3.05) is 31.1 Å². The van der Waals surface area contributed by atoms with Crippen molar-refractivity contribution in [2.45, 2.75) is 19.4 Å². The average Bonchev–Trinajstić information content (AvgIpc) is 2.49. The van der Waals surface area contributed by atoms with Crippen molar-refractivity contribution in [2.24, 2.45) is 10.9 Å². The lowest BCUT2D eigenvalue weighted by molar-refractivity contribution is 0.215. The van der Waals surface area contributed by atoms with Crippen molar-refractivity contribution in [3.05, 3.63) is 18.5 Å². The average molecular weight is 264 g/mol. The lowest BCUT2D eigenvalue weighted by atomic mass is 10.1. The van der Waals surface area contributed by atoms with E-state index in [4.69, 9.17) is 10.9 Å². The van der Waals surface area contributed by atoms with Crippen LogP contribution in [0.4, 0.5) is 5.95 Å². The first-order chi connectivity index (χ1) is 9.26. The molecule has 19 heavy (non-hydrogen) atoms. The van der Waals surface area contributed by atoms with E-state index in [0.29, 0.717) is 0 Å². The molecule has 1 aromatic heterocycles. The quantitative estimate of drug-likeness (QED) is 0.347. The summed E-state index contributed by atoms with van der Waals surface area (Å²) in [7, 11) is 0. The molecule has 2 heterocycles. The second kappa shape index (κ2) is 6.33. The van der Waals surface area contributed by atoms with E-state index in [0.717, 1.165) is 38.5 Å². The van der Waals surface area contributed by atoms with Crippen LogP contribution in [0.25, 0.3) is 0 Å². The maximum absolute atomic E-state index is 8.80. The van der Waals surface area contributed by atoms with Crippen LogP contribution >= 0.6 is 0 Å². The van der Waals surface area contributed by atoms with E-state index in [1.807, 2.05) is 13.0 Å². The van der Waals surface area contributed by atoms with Crippen LogP contribution in [0.1, 0.15) is 13.3 Å². The molecule has 1 aromatic rings. The van der Waals surface area contributed by atoms with Gasteiger partial charge in [0.2, 0.25) is 5.95 Å². The first-order valence-corrected chi connectivity index (χ1v) is 6.49. The minimum Gasteiger partial charge on any atom is -0.409 e. The van der Waals surface area contributed by atoms with Gasteiger partial charge in [0.25, 0.3) is 0 Å². The molecule has 3 N–H and O–H groups in total. The van der Waals surface area contributed by atoms with E-state index < -0.39 is 0 Å². The molecule has 104 valence electrons. The fourth-order valence-electron chi connectivity index (χ4n) is 2.41. The number of piperazine rings is 1. The number of anilines is 1. The Hall–Kier alpha value is -1.89. The number of nitrogens with two attached hydrogens (primary N) is 1. The van der Waals surface area contributed by atoms with Crippen molar-refractivity contribution in [1.82, 2.24) is 14.9 Å². The maximum atomic E-state index is 8.80. The summed E-state index contributed by atoms with van der Waals surface area (Å²) >= 11 is 0. The number of oxime groups is 1. The Balaban J connectivity index is 1.95. The van der Waals surface area contributed by atoms with Gasteiger partial charge >= 0.3 is 0 Å². The van der Waals surface area contributed by atoms with Crippen molar-refractivity contribution in [3.63, 3.8) is 0 Å². The Kier molecular flexibility index (Phi) is 4.51. The summed E-state index contributed by atoms with van der Waals surface area (Å²) in [6.45, 7) is 5.44. The van der Waals surface area contributed by atoms with Gasteiger partial charge < -0.3 is 15.8 Å². The molecule has 0 amide bonds. The smallest absolute Gasteiger partial charge is 0.225 e. The summed E-state index contributed by atoms with van der Waals surface area (Å²) in [5.74, 6) is 1.05. The Labute approximate surface area is 112 Å². The maximum Gasteiger partial charge on any atom is 0.225 e. The highest BCUT2D eigenvalue weighted by atomic mass is 16.4. The summed E-state index contributed by atoms with van der Waals surface area (Å²) < 4.78 is 0. The van der Waals surface area contributed by atoms with Gasteiger partial charge in [0.05, 0.1) is 6.04 Å². The minimum atomic E-state index is 0.00356. The summed E-state index contributed by atoms with van der Waals surface area (Å²) in [5, 5.41) is 11.9. The van der Waals surface area contributed by atoms with Gasteiger partial charge in [-0.15, -0.1) is 0 Å². The monoisotopic (exact) mass is 264 g/mol. The number of hydrogen-bond donors (Lipinski definition) is 2. The Morgan fingerprint density at radius 1 is 1.37 bits per heavy atom. The van der Waals surface area contributed by atoms with Crippen LogP contribution in [-0.4, -0.2) is 58.1 Å². The van der Waals surface area contributed by atoms with E-state index in [9.17, 15) is 0 Å². The first kappa shape index (κ1) is 13.5. The van der Waals surface area contributed by atoms with Gasteiger partial charge in [-0.05, 0) is 12.5 Å². The number of rotatable bonds is 4. The molecule has 1 saturated heterocycles. The van der Waals surface area contributed by atoms with Gasteiger partial charge in [-0.1, -0.05) is 12.1 Å². The Morgan fingerprint density at radius 3 is 2.53 bits per heavy atom. The van der Waals surface area contributed by atoms with Gasteiger partial charge in [-0.25, -0.2) is 9.97 Å². The van der Waals surface area contributed by atoms with Crippen LogP contribution < -0.4 is 10.6 Å². The zero-order valence-corrected chi connectivity index (χ0v) is 11.1. The van der Waals surface area contributed by atoms with Crippen molar-refractivity contribution >= 4 is 11.8 Å². The zero-order valence-electron chi connectivity index (χ0n) is 11.1. The van der Waals surface area contributed by atoms with Gasteiger partial charge in [-0.2, -0.15) is 0 Å². The molecule has 0 aromatic carbocycles. The van der Waals surface area contributed by atoms with E-state index >= 15 is 0 Å². The molecule has 0 bridgehead atoms. The molecule has 1 unspecified atom stereocenters. The van der Waals surface area contributed by atoms with Crippen molar-refractivity contribution in [1.29, 1.82) is 0 Å². The molecule has 2 rings (SSSR count). The highest BCUT2D eigenvalue weighted by Crippen LogP contribution is 2.13. The highest BCUT2D eigenvalue weighted by Gasteiger charge is 2.26. The van der Waals surface area contributed by atoms with Crippen LogP contribution in [0.5, 0.6) is 0 Å². The normalized spacial score (nSPS) is 19.4. The third-order valence-electron chi connectivity index (χ3n) is 3.43. The Bertz CT molecular complexity index is 415. The van der Waals surface area contributed by atoms with Gasteiger partial charge in [-0.3, -0.25) is 4.90 Å². The standard InChI is InChI=1S/C12H20N6O/c1-2-10(11(13)16-19)17-6-8-18(9-7-17)12-14-4-3-5-15-12/h3-5,10,19H,2,6-9H2,1H3,(H2,13,16). The lowest BCUT2D eigenvalue weighted by Crippen LogP contribution is -2.54. The molecule has 0 spiro atoms. The molecular weight excluding hydrogens is 244 g/mol. The third kappa shape index (κ3) is 3.11. The lowest BCUT2D eigenvalue weighted by Gasteiger charge is -2.38. The zero-order chi connectivity index (χ0) is 13.7. The predicted octanol–water partition coefficient (Wildman–Crippen LogP) is 0.124. The minimum absolute atomic E-state index is 0.00356. The molecule has 1 fully saturated rings. The summed E-state index contributed by atoms with van der Waals surface area (Å²) in [5.41, 5.74) is 5.72. The van der Waals surface area contributed by atoms with E-state index in [1.54, 1.807) is 12.4 Å². The SMILES string of the molecule is CCC(C(N)=NO)N1CCN(c2ncccn2)CC1. The number of hydrogen-bond acceptors (Lipinski definition) is 6. The van der Waals surface area contributed by atoms with Crippen LogP contribution in [0.15, 0.2) is 23.6 Å². The molecule has 0 radical (unpaired) electrons. The Morgan fingerprint density at radius 2 is 2.00 bits per heavy atom. The molecule has 0 aliphatic carbocycles. The van der Waals surface area contributed by atoms with E-state index in [-0.39, 0.29) is 11.9 Å². The molecular formula is C12H20N6O. The topological polar surface area (TPSA) is 90.9 Å². The summed E-state index contributed by atoms with van der Waals surface area (Å²) in [6.07, 6.45) is 4.33. The molecule has 1 aliphatic heterocycles. The van der Waals surface area contributed by atoms with E-state index in [1.165, 1.54) is 0 Å². The van der Waals surface area contributed by atoms with Gasteiger partial charge in [0.1, 0.15) is 0 Å². The second-order valence-corrected chi connectivity index (χ2v) is 4.52. The number of amidine groups is 1. The fraction of sp³-hybridized carbons (Fsp3) is 0.583. The number of aromatic nitrogens is 2. The van der Waals surface area contributed by atoms with Gasteiger partial charge in [0, 0.05) is 38.6 Å². The van der Waals surface area contributed by atoms with E-state index in [2.05, 4.69) is 24.9 Å². The van der Waals surface area contributed by atoms with Crippen LogP contribution in [-0.2, 0) is 0 Å². The van der Waals surface area contributed by atoms with Gasteiger partial charge in [0.15, 0.2) is 5.84 Å². The second-order valence-electron chi connectivity index (χ2n) is 4.52. The largest absolute Gasteiger partial charge is 0.409 e.